The summed E-state index contributed by atoms with van der Waals surface area (Å²) < 4.78 is 18.7. The third-order valence-electron chi connectivity index (χ3n) is 3.08. The third-order valence-corrected chi connectivity index (χ3v) is 3.08. The molecule has 0 bridgehead atoms. The normalized spacial score (nSPS) is 12.2. The van der Waals surface area contributed by atoms with E-state index in [4.69, 9.17) is 4.74 Å². The van der Waals surface area contributed by atoms with Crippen LogP contribution in [-0.2, 0) is 0 Å². The Morgan fingerprint density at radius 3 is 2.74 bits per heavy atom. The van der Waals surface area contributed by atoms with E-state index in [1.165, 1.54) is 7.11 Å². The molecule has 0 radical (unpaired) electrons. The van der Waals surface area contributed by atoms with Crippen molar-refractivity contribution >= 4 is 0 Å². The fourth-order valence-electron chi connectivity index (χ4n) is 2.00. The lowest BCUT2D eigenvalue weighted by molar-refractivity contribution is 0.385. The van der Waals surface area contributed by atoms with E-state index in [2.05, 4.69) is 18.8 Å². The molecule has 1 rings (SSSR count). The number of methoxy groups -OCH3 is 1. The Balaban J connectivity index is 2.83. The van der Waals surface area contributed by atoms with Gasteiger partial charge in [-0.3, -0.25) is 0 Å². The molecule has 0 aliphatic carbocycles. The highest BCUT2D eigenvalue weighted by Gasteiger charge is 2.13. The van der Waals surface area contributed by atoms with E-state index < -0.39 is 0 Å². The Hall–Kier alpha value is -1.35. The van der Waals surface area contributed by atoms with E-state index >= 15 is 0 Å². The number of nitrogens with one attached hydrogen (secondary N) is 1. The van der Waals surface area contributed by atoms with Crippen molar-refractivity contribution in [3.63, 3.8) is 0 Å². The summed E-state index contributed by atoms with van der Waals surface area (Å²) in [5.74, 6) is -0.0171. The quantitative estimate of drug-likeness (QED) is 0.710. The topological polar surface area (TPSA) is 21.3 Å². The molecule has 19 heavy (non-hydrogen) atoms. The van der Waals surface area contributed by atoms with Crippen LogP contribution in [0.5, 0.6) is 5.75 Å². The number of halogens is 1. The van der Waals surface area contributed by atoms with Crippen LogP contribution in [0.15, 0.2) is 30.4 Å². The fourth-order valence-corrected chi connectivity index (χ4v) is 2.00. The smallest absolute Gasteiger partial charge is 0.165 e. The molecule has 0 aliphatic heterocycles. The standard InChI is InChI=1S/C16H24FNO/c1-5-10-18-15(8-6-12(2)3)13-7-9-16(19-4)14(17)11-13/h7,9,11,15,18H,2,5-6,8,10H2,1,3-4H3. The summed E-state index contributed by atoms with van der Waals surface area (Å²) in [4.78, 5) is 0. The first-order chi connectivity index (χ1) is 9.08. The zero-order chi connectivity index (χ0) is 14.3. The minimum Gasteiger partial charge on any atom is -0.494 e. The molecule has 3 heteroatoms. The molecule has 106 valence electrons. The lowest BCUT2D eigenvalue weighted by Crippen LogP contribution is -2.22. The van der Waals surface area contributed by atoms with Gasteiger partial charge in [0.05, 0.1) is 7.11 Å². The Kier molecular flexibility index (Phi) is 6.57. The zero-order valence-electron chi connectivity index (χ0n) is 12.1. The average Bonchev–Trinajstić information content (AvgIpc) is 2.38. The Morgan fingerprint density at radius 2 is 2.21 bits per heavy atom. The van der Waals surface area contributed by atoms with Crippen LogP contribution in [0.4, 0.5) is 4.39 Å². The van der Waals surface area contributed by atoms with Gasteiger partial charge in [-0.1, -0.05) is 18.6 Å². The largest absolute Gasteiger partial charge is 0.494 e. The number of allylic oxidation sites excluding steroid dienone is 1. The van der Waals surface area contributed by atoms with Gasteiger partial charge < -0.3 is 10.1 Å². The van der Waals surface area contributed by atoms with Crippen LogP contribution in [0.25, 0.3) is 0 Å². The first kappa shape index (κ1) is 15.7. The highest BCUT2D eigenvalue weighted by molar-refractivity contribution is 5.31. The molecule has 1 aromatic carbocycles. The first-order valence-corrected chi connectivity index (χ1v) is 6.79. The van der Waals surface area contributed by atoms with Crippen molar-refractivity contribution in [2.24, 2.45) is 0 Å². The molecule has 0 saturated carbocycles. The lowest BCUT2D eigenvalue weighted by atomic mass is 9.99. The van der Waals surface area contributed by atoms with Crippen LogP contribution >= 0.6 is 0 Å². The summed E-state index contributed by atoms with van der Waals surface area (Å²) >= 11 is 0. The fraction of sp³-hybridized carbons (Fsp3) is 0.500. The zero-order valence-corrected chi connectivity index (χ0v) is 12.1. The van der Waals surface area contributed by atoms with Gasteiger partial charge in [-0.05, 0) is 50.4 Å². The van der Waals surface area contributed by atoms with Crippen molar-refractivity contribution in [2.45, 2.75) is 39.2 Å². The van der Waals surface area contributed by atoms with Gasteiger partial charge in [0, 0.05) is 6.04 Å². The third kappa shape index (κ3) is 5.03. The number of hydrogen-bond acceptors (Lipinski definition) is 2. The van der Waals surface area contributed by atoms with E-state index in [1.807, 2.05) is 13.0 Å². The van der Waals surface area contributed by atoms with Crippen molar-refractivity contribution in [2.75, 3.05) is 13.7 Å². The van der Waals surface area contributed by atoms with Gasteiger partial charge in [0.2, 0.25) is 0 Å². The molecule has 0 saturated heterocycles. The molecule has 0 spiro atoms. The maximum atomic E-state index is 13.8. The number of benzene rings is 1. The second kappa shape index (κ2) is 7.95. The van der Waals surface area contributed by atoms with Crippen LogP contribution in [0.1, 0.15) is 44.7 Å². The molecule has 0 amide bonds. The molecular formula is C16H24FNO. The van der Waals surface area contributed by atoms with Gasteiger partial charge >= 0.3 is 0 Å². The van der Waals surface area contributed by atoms with Crippen molar-refractivity contribution in [1.82, 2.24) is 5.32 Å². The predicted octanol–water partition coefficient (Wildman–Crippen LogP) is 4.23. The van der Waals surface area contributed by atoms with Crippen molar-refractivity contribution in [3.8, 4) is 5.75 Å². The molecule has 0 aromatic heterocycles. The predicted molar refractivity (Wildman–Crippen MR) is 78.0 cm³/mol. The Bertz CT molecular complexity index is 417. The Labute approximate surface area is 115 Å². The molecule has 0 heterocycles. The van der Waals surface area contributed by atoms with Crippen LogP contribution in [0, 0.1) is 5.82 Å². The van der Waals surface area contributed by atoms with Crippen LogP contribution in [0.3, 0.4) is 0 Å². The van der Waals surface area contributed by atoms with Crippen LogP contribution in [-0.4, -0.2) is 13.7 Å². The number of rotatable bonds is 8. The van der Waals surface area contributed by atoms with E-state index in [0.717, 1.165) is 36.9 Å². The summed E-state index contributed by atoms with van der Waals surface area (Å²) in [5.41, 5.74) is 2.12. The summed E-state index contributed by atoms with van der Waals surface area (Å²) in [5, 5.41) is 3.46. The second-order valence-corrected chi connectivity index (χ2v) is 4.90. The summed E-state index contributed by atoms with van der Waals surface area (Å²) in [6.45, 7) is 8.99. The van der Waals surface area contributed by atoms with Gasteiger partial charge in [0.1, 0.15) is 0 Å². The van der Waals surface area contributed by atoms with Gasteiger partial charge in [-0.15, -0.1) is 6.58 Å². The summed E-state index contributed by atoms with van der Waals surface area (Å²) in [7, 11) is 1.48. The van der Waals surface area contributed by atoms with E-state index in [-0.39, 0.29) is 17.6 Å². The van der Waals surface area contributed by atoms with Gasteiger partial charge in [0.25, 0.3) is 0 Å². The monoisotopic (exact) mass is 265 g/mol. The molecule has 1 N–H and O–H groups in total. The molecular weight excluding hydrogens is 241 g/mol. The van der Waals surface area contributed by atoms with Gasteiger partial charge in [0.15, 0.2) is 11.6 Å². The SMILES string of the molecule is C=C(C)CCC(NCCC)c1ccc(OC)c(F)c1. The van der Waals surface area contributed by atoms with Crippen molar-refractivity contribution in [3.05, 3.63) is 41.7 Å². The number of hydrogen-bond donors (Lipinski definition) is 1. The van der Waals surface area contributed by atoms with E-state index in [1.54, 1.807) is 12.1 Å². The van der Waals surface area contributed by atoms with Gasteiger partial charge in [-0.2, -0.15) is 0 Å². The maximum Gasteiger partial charge on any atom is 0.165 e. The average molecular weight is 265 g/mol. The number of ether oxygens (including phenoxy) is 1. The van der Waals surface area contributed by atoms with Crippen LogP contribution in [0.2, 0.25) is 0 Å². The maximum absolute atomic E-state index is 13.8. The lowest BCUT2D eigenvalue weighted by Gasteiger charge is -2.19. The molecule has 2 nitrogen and oxygen atoms in total. The van der Waals surface area contributed by atoms with Gasteiger partial charge in [-0.25, -0.2) is 4.39 Å². The van der Waals surface area contributed by atoms with E-state index in [0.29, 0.717) is 0 Å². The molecule has 1 aromatic rings. The minimum atomic E-state index is -0.307. The highest BCUT2D eigenvalue weighted by Crippen LogP contribution is 2.25. The summed E-state index contributed by atoms with van der Waals surface area (Å²) in [6.07, 6.45) is 2.93. The molecule has 1 unspecified atom stereocenters. The van der Waals surface area contributed by atoms with Crippen molar-refractivity contribution < 1.29 is 9.13 Å². The Morgan fingerprint density at radius 1 is 1.47 bits per heavy atom. The first-order valence-electron chi connectivity index (χ1n) is 6.79. The molecule has 0 fully saturated rings. The highest BCUT2D eigenvalue weighted by atomic mass is 19.1. The molecule has 1 atom stereocenters. The summed E-state index contributed by atoms with van der Waals surface area (Å²) in [6, 6.07) is 5.33. The minimum absolute atomic E-state index is 0.164. The van der Waals surface area contributed by atoms with Crippen LogP contribution < -0.4 is 10.1 Å². The van der Waals surface area contributed by atoms with E-state index in [9.17, 15) is 4.39 Å². The second-order valence-electron chi connectivity index (χ2n) is 4.90. The molecule has 0 aliphatic rings. The van der Waals surface area contributed by atoms with Crippen molar-refractivity contribution in [1.29, 1.82) is 0 Å².